The van der Waals surface area contributed by atoms with Crippen LogP contribution >= 0.6 is 0 Å². The van der Waals surface area contributed by atoms with Crippen molar-refractivity contribution in [1.82, 2.24) is 5.32 Å². The molecule has 0 unspecified atom stereocenters. The Kier molecular flexibility index (Phi) is 4.51. The van der Waals surface area contributed by atoms with Crippen LogP contribution in [0.4, 0.5) is 0 Å². The largest absolute Gasteiger partial charge is 0.462 e. The van der Waals surface area contributed by atoms with Crippen molar-refractivity contribution in [1.29, 1.82) is 0 Å². The Bertz CT molecular complexity index is 351. The molecule has 0 heterocycles. The SMILES string of the molecule is CCNC(=O)c1ccccc1C(=O)OCC. The first-order chi connectivity index (χ1) is 7.70. The molecule has 1 amide bonds. The minimum atomic E-state index is -0.468. The smallest absolute Gasteiger partial charge is 0.338 e. The van der Waals surface area contributed by atoms with Gasteiger partial charge < -0.3 is 10.1 Å². The minimum Gasteiger partial charge on any atom is -0.462 e. The lowest BCUT2D eigenvalue weighted by atomic mass is 10.1. The van der Waals surface area contributed by atoms with Crippen LogP contribution in [0.3, 0.4) is 0 Å². The molecule has 0 fully saturated rings. The number of nitrogens with one attached hydrogen (secondary N) is 1. The fourth-order valence-corrected chi connectivity index (χ4v) is 1.32. The highest BCUT2D eigenvalue weighted by Gasteiger charge is 2.16. The summed E-state index contributed by atoms with van der Waals surface area (Å²) in [6.45, 7) is 4.37. The van der Waals surface area contributed by atoms with Crippen LogP contribution in [0.25, 0.3) is 0 Å². The molecular formula is C12H15NO3. The van der Waals surface area contributed by atoms with Crippen molar-refractivity contribution in [3.05, 3.63) is 35.4 Å². The number of amides is 1. The third-order valence-corrected chi connectivity index (χ3v) is 2.00. The van der Waals surface area contributed by atoms with E-state index in [2.05, 4.69) is 5.32 Å². The molecule has 0 radical (unpaired) electrons. The molecule has 1 N–H and O–H groups in total. The highest BCUT2D eigenvalue weighted by molar-refractivity contribution is 6.05. The second-order valence-corrected chi connectivity index (χ2v) is 3.13. The van der Waals surface area contributed by atoms with E-state index in [1.54, 1.807) is 31.2 Å². The van der Waals surface area contributed by atoms with Gasteiger partial charge in [0.25, 0.3) is 5.91 Å². The zero-order valence-corrected chi connectivity index (χ0v) is 9.45. The number of esters is 1. The molecule has 1 aromatic carbocycles. The van der Waals surface area contributed by atoms with Gasteiger partial charge in [0.15, 0.2) is 0 Å². The summed E-state index contributed by atoms with van der Waals surface area (Å²) in [6, 6.07) is 6.61. The summed E-state index contributed by atoms with van der Waals surface area (Å²) in [7, 11) is 0. The first kappa shape index (κ1) is 12.2. The summed E-state index contributed by atoms with van der Waals surface area (Å²) < 4.78 is 4.88. The third kappa shape index (κ3) is 2.82. The van der Waals surface area contributed by atoms with E-state index in [-0.39, 0.29) is 5.91 Å². The van der Waals surface area contributed by atoms with E-state index in [0.717, 1.165) is 0 Å². The Hall–Kier alpha value is -1.84. The van der Waals surface area contributed by atoms with E-state index in [0.29, 0.717) is 24.3 Å². The minimum absolute atomic E-state index is 0.258. The van der Waals surface area contributed by atoms with E-state index in [1.807, 2.05) is 6.92 Å². The van der Waals surface area contributed by atoms with Crippen molar-refractivity contribution in [3.8, 4) is 0 Å². The lowest BCUT2D eigenvalue weighted by Gasteiger charge is -2.08. The van der Waals surface area contributed by atoms with Crippen LogP contribution in [0, 0.1) is 0 Å². The number of carbonyl (C=O) groups excluding carboxylic acids is 2. The van der Waals surface area contributed by atoms with Crippen molar-refractivity contribution in [3.63, 3.8) is 0 Å². The van der Waals surface area contributed by atoms with Gasteiger partial charge in [0.1, 0.15) is 0 Å². The van der Waals surface area contributed by atoms with Gasteiger partial charge >= 0.3 is 5.97 Å². The Morgan fingerprint density at radius 2 is 1.81 bits per heavy atom. The van der Waals surface area contributed by atoms with Crippen molar-refractivity contribution in [2.75, 3.05) is 13.2 Å². The van der Waals surface area contributed by atoms with E-state index < -0.39 is 5.97 Å². The number of benzene rings is 1. The molecule has 0 spiro atoms. The zero-order valence-electron chi connectivity index (χ0n) is 9.45. The molecule has 1 aromatic rings. The molecular weight excluding hydrogens is 206 g/mol. The molecule has 0 saturated carbocycles. The van der Waals surface area contributed by atoms with Crippen LogP contribution in [0.5, 0.6) is 0 Å². The van der Waals surface area contributed by atoms with Crippen LogP contribution in [0.15, 0.2) is 24.3 Å². The quantitative estimate of drug-likeness (QED) is 0.786. The van der Waals surface area contributed by atoms with Gasteiger partial charge in [-0.05, 0) is 26.0 Å². The Balaban J connectivity index is 3.00. The summed E-state index contributed by atoms with van der Waals surface area (Å²) in [5.74, 6) is -0.726. The normalized spacial score (nSPS) is 9.62. The van der Waals surface area contributed by atoms with E-state index in [9.17, 15) is 9.59 Å². The number of rotatable bonds is 4. The summed E-state index contributed by atoms with van der Waals surface area (Å²) in [5.41, 5.74) is 0.651. The maximum atomic E-state index is 11.7. The van der Waals surface area contributed by atoms with Crippen molar-refractivity contribution >= 4 is 11.9 Å². The van der Waals surface area contributed by atoms with Crippen LogP contribution in [0.2, 0.25) is 0 Å². The Morgan fingerprint density at radius 3 is 2.38 bits per heavy atom. The molecule has 0 aliphatic rings. The van der Waals surface area contributed by atoms with Gasteiger partial charge in [0.05, 0.1) is 17.7 Å². The Labute approximate surface area is 94.6 Å². The standard InChI is InChI=1S/C12H15NO3/c1-3-13-11(14)9-7-5-6-8-10(9)12(15)16-4-2/h5-8H,3-4H2,1-2H3,(H,13,14). The monoisotopic (exact) mass is 221 g/mol. The maximum absolute atomic E-state index is 11.7. The molecule has 0 saturated heterocycles. The third-order valence-electron chi connectivity index (χ3n) is 2.00. The van der Waals surface area contributed by atoms with Gasteiger partial charge in [0, 0.05) is 6.54 Å². The molecule has 0 aromatic heterocycles. The molecule has 4 nitrogen and oxygen atoms in total. The molecule has 16 heavy (non-hydrogen) atoms. The van der Waals surface area contributed by atoms with Gasteiger partial charge in [-0.1, -0.05) is 12.1 Å². The van der Waals surface area contributed by atoms with Crippen molar-refractivity contribution < 1.29 is 14.3 Å². The number of hydrogen-bond donors (Lipinski definition) is 1. The average Bonchev–Trinajstić information content (AvgIpc) is 2.30. The zero-order chi connectivity index (χ0) is 12.0. The highest BCUT2D eigenvalue weighted by atomic mass is 16.5. The van der Waals surface area contributed by atoms with Crippen LogP contribution in [0.1, 0.15) is 34.6 Å². The fourth-order valence-electron chi connectivity index (χ4n) is 1.32. The average molecular weight is 221 g/mol. The highest BCUT2D eigenvalue weighted by Crippen LogP contribution is 2.10. The molecule has 0 bridgehead atoms. The van der Waals surface area contributed by atoms with E-state index >= 15 is 0 Å². The van der Waals surface area contributed by atoms with Crippen molar-refractivity contribution in [2.45, 2.75) is 13.8 Å². The predicted molar refractivity (Wildman–Crippen MR) is 60.4 cm³/mol. The lowest BCUT2D eigenvalue weighted by Crippen LogP contribution is -2.25. The second-order valence-electron chi connectivity index (χ2n) is 3.13. The summed E-state index contributed by atoms with van der Waals surface area (Å²) in [4.78, 5) is 23.2. The molecule has 1 rings (SSSR count). The molecule has 4 heteroatoms. The maximum Gasteiger partial charge on any atom is 0.338 e. The summed E-state index contributed by atoms with van der Waals surface area (Å²) >= 11 is 0. The van der Waals surface area contributed by atoms with Crippen LogP contribution < -0.4 is 5.32 Å². The fraction of sp³-hybridized carbons (Fsp3) is 0.333. The topological polar surface area (TPSA) is 55.4 Å². The van der Waals surface area contributed by atoms with Gasteiger partial charge in [-0.2, -0.15) is 0 Å². The van der Waals surface area contributed by atoms with Crippen LogP contribution in [-0.2, 0) is 4.74 Å². The van der Waals surface area contributed by atoms with Gasteiger partial charge in [0.2, 0.25) is 0 Å². The summed E-state index contributed by atoms with van der Waals surface area (Å²) in [6.07, 6.45) is 0. The van der Waals surface area contributed by atoms with Crippen molar-refractivity contribution in [2.24, 2.45) is 0 Å². The molecule has 0 aliphatic carbocycles. The Morgan fingerprint density at radius 1 is 1.19 bits per heavy atom. The number of carbonyl (C=O) groups is 2. The number of ether oxygens (including phenoxy) is 1. The van der Waals surface area contributed by atoms with Crippen LogP contribution in [-0.4, -0.2) is 25.0 Å². The van der Waals surface area contributed by atoms with E-state index in [1.165, 1.54) is 0 Å². The summed E-state index contributed by atoms with van der Waals surface area (Å²) in [5, 5.41) is 2.65. The lowest BCUT2D eigenvalue weighted by molar-refractivity contribution is 0.0522. The first-order valence-corrected chi connectivity index (χ1v) is 5.25. The van der Waals surface area contributed by atoms with E-state index in [4.69, 9.17) is 4.74 Å². The van der Waals surface area contributed by atoms with Gasteiger partial charge in [-0.3, -0.25) is 4.79 Å². The second kappa shape index (κ2) is 5.90. The first-order valence-electron chi connectivity index (χ1n) is 5.25. The molecule has 0 atom stereocenters. The molecule has 86 valence electrons. The number of hydrogen-bond acceptors (Lipinski definition) is 3. The predicted octanol–water partition coefficient (Wildman–Crippen LogP) is 1.61. The van der Waals surface area contributed by atoms with Gasteiger partial charge in [-0.15, -0.1) is 0 Å². The van der Waals surface area contributed by atoms with Gasteiger partial charge in [-0.25, -0.2) is 4.79 Å². The molecule has 0 aliphatic heterocycles.